The van der Waals surface area contributed by atoms with Gasteiger partial charge in [0.15, 0.2) is 0 Å². The Morgan fingerprint density at radius 1 is 0.708 bits per heavy atom. The summed E-state index contributed by atoms with van der Waals surface area (Å²) in [6, 6.07) is 4.05. The molecule has 0 amide bonds. The highest BCUT2D eigenvalue weighted by Crippen LogP contribution is 2.35. The zero-order valence-electron chi connectivity index (χ0n) is 11.5. The third kappa shape index (κ3) is 1.70. The fourth-order valence-electron chi connectivity index (χ4n) is 2.72. The van der Waals surface area contributed by atoms with Gasteiger partial charge in [0.05, 0.1) is 32.8 Å². The summed E-state index contributed by atoms with van der Waals surface area (Å²) in [5.41, 5.74) is -3.06. The van der Waals surface area contributed by atoms with Crippen molar-refractivity contribution >= 4 is 44.1 Å². The van der Waals surface area contributed by atoms with Gasteiger partial charge in [-0.05, 0) is 0 Å². The second-order valence-corrected chi connectivity index (χ2v) is 5.03. The zero-order chi connectivity index (χ0) is 17.2. The van der Waals surface area contributed by atoms with Crippen LogP contribution in [0.3, 0.4) is 0 Å². The minimum atomic E-state index is -0.924. The molecule has 0 aliphatic rings. The fourth-order valence-corrected chi connectivity index (χ4v) is 2.72. The summed E-state index contributed by atoms with van der Waals surface area (Å²) in [6.07, 6.45) is 0. The van der Waals surface area contributed by atoms with Gasteiger partial charge in [-0.3, -0.25) is 20.2 Å². The Kier molecular flexibility index (Phi) is 2.50. The molecule has 2 aromatic carbocycles. The van der Waals surface area contributed by atoms with E-state index < -0.39 is 32.5 Å². The van der Waals surface area contributed by atoms with Crippen molar-refractivity contribution in [1.82, 2.24) is 0 Å². The molecule has 24 heavy (non-hydrogen) atoms. The number of hydrogen-bond donors (Lipinski definition) is 0. The van der Waals surface area contributed by atoms with E-state index in [0.29, 0.717) is 0 Å². The van der Waals surface area contributed by atoms with Crippen molar-refractivity contribution in [3.8, 4) is 0 Å². The molecule has 2 aromatic heterocycles. The molecule has 0 aliphatic carbocycles. The van der Waals surface area contributed by atoms with E-state index in [-0.39, 0.29) is 32.7 Å². The van der Waals surface area contributed by atoms with Gasteiger partial charge in [0.1, 0.15) is 11.2 Å². The molecular weight excluding hydrogens is 324 g/mol. The molecule has 4 rings (SSSR count). The third-order valence-electron chi connectivity index (χ3n) is 3.69. The monoisotopic (exact) mass is 328 g/mol. The molecule has 0 radical (unpaired) electrons. The summed E-state index contributed by atoms with van der Waals surface area (Å²) < 4.78 is 10.1. The number of nitro benzene ring substituents is 2. The summed E-state index contributed by atoms with van der Waals surface area (Å²) in [4.78, 5) is 44.7. The molecule has 0 aliphatic heterocycles. The number of rotatable bonds is 2. The zero-order valence-corrected chi connectivity index (χ0v) is 11.5. The van der Waals surface area contributed by atoms with E-state index in [1.807, 2.05) is 0 Å². The van der Waals surface area contributed by atoms with Crippen LogP contribution >= 0.6 is 0 Å². The molecular formula is C14H4N2O8. The van der Waals surface area contributed by atoms with Crippen molar-refractivity contribution in [2.45, 2.75) is 0 Å². The normalized spacial score (nSPS) is 11.5. The molecule has 10 heteroatoms. The average Bonchev–Trinajstić information content (AvgIpc) is 2.53. The highest BCUT2D eigenvalue weighted by Gasteiger charge is 2.23. The lowest BCUT2D eigenvalue weighted by molar-refractivity contribution is -0.384. The van der Waals surface area contributed by atoms with Gasteiger partial charge in [0.2, 0.25) is 0 Å². The van der Waals surface area contributed by atoms with Crippen molar-refractivity contribution < 1.29 is 18.7 Å². The highest BCUT2D eigenvalue weighted by atomic mass is 16.6. The van der Waals surface area contributed by atoms with E-state index in [9.17, 15) is 29.8 Å². The lowest BCUT2D eigenvalue weighted by Gasteiger charge is -2.07. The van der Waals surface area contributed by atoms with Crippen molar-refractivity contribution in [3.05, 3.63) is 65.3 Å². The Morgan fingerprint density at radius 3 is 1.42 bits per heavy atom. The second-order valence-electron chi connectivity index (χ2n) is 5.03. The van der Waals surface area contributed by atoms with Crippen LogP contribution in [-0.4, -0.2) is 9.85 Å². The van der Waals surface area contributed by atoms with Crippen molar-refractivity contribution in [2.24, 2.45) is 0 Å². The Morgan fingerprint density at radius 2 is 1.08 bits per heavy atom. The van der Waals surface area contributed by atoms with E-state index in [4.69, 9.17) is 8.83 Å². The first-order chi connectivity index (χ1) is 11.4. The van der Waals surface area contributed by atoms with Gasteiger partial charge in [-0.2, -0.15) is 0 Å². The van der Waals surface area contributed by atoms with Crippen LogP contribution in [0.5, 0.6) is 0 Å². The molecule has 10 nitrogen and oxygen atoms in total. The molecule has 118 valence electrons. The molecule has 4 aromatic rings. The first kappa shape index (κ1) is 13.8. The van der Waals surface area contributed by atoms with Crippen LogP contribution in [0, 0.1) is 20.2 Å². The number of hydrogen-bond acceptors (Lipinski definition) is 8. The molecule has 0 unspecified atom stereocenters. The van der Waals surface area contributed by atoms with Crippen molar-refractivity contribution in [2.75, 3.05) is 0 Å². The summed E-state index contributed by atoms with van der Waals surface area (Å²) in [5, 5.41) is 21.9. The smallest absolute Gasteiger partial charge is 0.344 e. The number of benzene rings is 2. The quantitative estimate of drug-likeness (QED) is 0.235. The minimum Gasteiger partial charge on any atom is -0.422 e. The van der Waals surface area contributed by atoms with E-state index in [2.05, 4.69) is 0 Å². The second kappa shape index (κ2) is 4.35. The number of nitrogens with zero attached hydrogens (tertiary/aromatic N) is 2. The van der Waals surface area contributed by atoms with Crippen LogP contribution < -0.4 is 11.3 Å². The Balaban J connectivity index is 2.36. The predicted molar refractivity (Wildman–Crippen MR) is 80.5 cm³/mol. The summed E-state index contributed by atoms with van der Waals surface area (Å²) in [6.45, 7) is 0. The maximum Gasteiger partial charge on any atom is 0.344 e. The van der Waals surface area contributed by atoms with Crippen LogP contribution in [-0.2, 0) is 0 Å². The fraction of sp³-hybridized carbons (Fsp3) is 0. The standard InChI is InChI=1S/C14H4N2O8/c17-13-7-1-5(15(19)20)3-9-11(7)12-8(14(18)24-9)2-6(16(21)22)4-10(12)23-13/h1-4H. The van der Waals surface area contributed by atoms with Crippen molar-refractivity contribution in [3.63, 3.8) is 0 Å². The summed E-state index contributed by atoms with van der Waals surface area (Å²) in [5.74, 6) is 0. The van der Waals surface area contributed by atoms with Crippen molar-refractivity contribution in [1.29, 1.82) is 0 Å². The van der Waals surface area contributed by atoms with Gasteiger partial charge in [0.25, 0.3) is 11.4 Å². The molecule has 0 N–H and O–H groups in total. The summed E-state index contributed by atoms with van der Waals surface area (Å²) in [7, 11) is 0. The molecule has 0 atom stereocenters. The number of non-ortho nitro benzene ring substituents is 2. The van der Waals surface area contributed by atoms with Crippen LogP contribution in [0.1, 0.15) is 0 Å². The van der Waals surface area contributed by atoms with E-state index in [1.54, 1.807) is 0 Å². The lowest BCUT2D eigenvalue weighted by Crippen LogP contribution is -2.07. The molecule has 0 saturated heterocycles. The van der Waals surface area contributed by atoms with Gasteiger partial charge in [0, 0.05) is 22.9 Å². The first-order valence-corrected chi connectivity index (χ1v) is 6.46. The van der Waals surface area contributed by atoms with E-state index in [1.165, 1.54) is 0 Å². The van der Waals surface area contributed by atoms with Crippen LogP contribution in [0.2, 0.25) is 0 Å². The Labute approximate surface area is 129 Å². The average molecular weight is 328 g/mol. The van der Waals surface area contributed by atoms with Crippen LogP contribution in [0.4, 0.5) is 11.4 Å². The molecule has 2 heterocycles. The molecule has 0 saturated carbocycles. The van der Waals surface area contributed by atoms with E-state index >= 15 is 0 Å². The maximum atomic E-state index is 12.1. The molecule has 0 fully saturated rings. The first-order valence-electron chi connectivity index (χ1n) is 6.46. The molecule has 0 bridgehead atoms. The number of nitro groups is 2. The van der Waals surface area contributed by atoms with Gasteiger partial charge in [-0.1, -0.05) is 0 Å². The molecule has 0 spiro atoms. The van der Waals surface area contributed by atoms with Crippen LogP contribution in [0.15, 0.2) is 42.7 Å². The predicted octanol–water partition coefficient (Wildman–Crippen LogP) is 2.31. The largest absolute Gasteiger partial charge is 0.422 e. The maximum absolute atomic E-state index is 12.1. The summed E-state index contributed by atoms with van der Waals surface area (Å²) >= 11 is 0. The third-order valence-corrected chi connectivity index (χ3v) is 3.69. The van der Waals surface area contributed by atoms with Gasteiger partial charge in [-0.25, -0.2) is 9.59 Å². The van der Waals surface area contributed by atoms with Gasteiger partial charge < -0.3 is 8.83 Å². The highest BCUT2D eigenvalue weighted by molar-refractivity contribution is 6.20. The SMILES string of the molecule is O=c1oc2cc([N+](=O)[O-])cc3c(=O)oc4cc([N+](=O)[O-])cc1c4c23. The van der Waals surface area contributed by atoms with E-state index in [0.717, 1.165) is 24.3 Å². The Bertz CT molecular complexity index is 1200. The topological polar surface area (TPSA) is 147 Å². The van der Waals surface area contributed by atoms with Gasteiger partial charge in [-0.15, -0.1) is 0 Å². The lowest BCUT2D eigenvalue weighted by atomic mass is 10.0. The minimum absolute atomic E-state index is 0.144. The Hall–Kier alpha value is -3.82. The van der Waals surface area contributed by atoms with Gasteiger partial charge >= 0.3 is 11.3 Å². The van der Waals surface area contributed by atoms with Crippen LogP contribution in [0.25, 0.3) is 32.7 Å².